The number of nitrogens with two attached hydrogens (primary N) is 1. The fraction of sp³-hybridized carbons (Fsp3) is 0.138. The Morgan fingerprint density at radius 1 is 1.06 bits per heavy atom. The van der Waals surface area contributed by atoms with E-state index in [9.17, 15) is 9.59 Å². The number of imidazole rings is 1. The highest BCUT2D eigenvalue weighted by Crippen LogP contribution is 2.28. The van der Waals surface area contributed by atoms with Gasteiger partial charge >= 0.3 is 0 Å². The Balaban J connectivity index is 1.37. The summed E-state index contributed by atoms with van der Waals surface area (Å²) in [5, 5.41) is 4.33. The molecule has 5 aromatic rings. The quantitative estimate of drug-likeness (QED) is 0.273. The zero-order valence-corrected chi connectivity index (χ0v) is 19.9. The van der Waals surface area contributed by atoms with Gasteiger partial charge in [-0.05, 0) is 35.7 Å². The van der Waals surface area contributed by atoms with Crippen LogP contribution in [0.3, 0.4) is 0 Å². The predicted octanol–water partition coefficient (Wildman–Crippen LogP) is 4.42. The Hall–Kier alpha value is -4.49. The van der Waals surface area contributed by atoms with Crippen LogP contribution in [0.1, 0.15) is 37.9 Å². The third-order valence-electron chi connectivity index (χ3n) is 6.34. The van der Waals surface area contributed by atoms with Crippen molar-refractivity contribution in [3.8, 4) is 11.3 Å². The van der Waals surface area contributed by atoms with Crippen LogP contribution >= 0.6 is 0 Å². The number of carbonyl (C=O) groups excluding carboxylic acids is 2. The van der Waals surface area contributed by atoms with Crippen molar-refractivity contribution in [2.75, 3.05) is 6.54 Å². The van der Waals surface area contributed by atoms with Gasteiger partial charge < -0.3 is 20.6 Å². The van der Waals surface area contributed by atoms with Gasteiger partial charge in [0.2, 0.25) is 5.91 Å². The molecule has 0 fully saturated rings. The van der Waals surface area contributed by atoms with Crippen LogP contribution in [-0.2, 0) is 13.5 Å². The standard InChI is InChI=1S/C29H27N5O2/c1-34-17-26(33-18-34)22-11-12-23-24(16-32-25(23)15-22)28(35)27(20-5-3-2-4-6-20)31-14-13-19-7-9-21(10-8-19)29(30)36/h2-12,15-18,27,31-32H,13-14H2,1H3,(H2,30,36). The number of carbonyl (C=O) groups is 2. The number of ketones is 1. The highest BCUT2D eigenvalue weighted by atomic mass is 16.1. The molecule has 0 aliphatic rings. The summed E-state index contributed by atoms with van der Waals surface area (Å²) in [6, 6.07) is 22.5. The number of nitrogens with one attached hydrogen (secondary N) is 2. The van der Waals surface area contributed by atoms with Crippen molar-refractivity contribution in [2.45, 2.75) is 12.5 Å². The summed E-state index contributed by atoms with van der Waals surface area (Å²) in [6.07, 6.45) is 6.23. The number of hydrogen-bond donors (Lipinski definition) is 3. The Kier molecular flexibility index (Phi) is 6.47. The zero-order chi connectivity index (χ0) is 25.1. The molecule has 1 amide bonds. The summed E-state index contributed by atoms with van der Waals surface area (Å²) in [5.74, 6) is -0.442. The van der Waals surface area contributed by atoms with E-state index in [0.717, 1.165) is 33.3 Å². The smallest absolute Gasteiger partial charge is 0.248 e. The molecule has 36 heavy (non-hydrogen) atoms. The molecule has 3 aromatic carbocycles. The van der Waals surface area contributed by atoms with Crippen molar-refractivity contribution < 1.29 is 9.59 Å². The molecular weight excluding hydrogens is 450 g/mol. The molecular formula is C29H27N5O2. The number of aromatic amines is 1. The molecule has 1 atom stereocenters. The van der Waals surface area contributed by atoms with Crippen molar-refractivity contribution in [3.63, 3.8) is 0 Å². The van der Waals surface area contributed by atoms with Crippen molar-refractivity contribution in [3.05, 3.63) is 114 Å². The summed E-state index contributed by atoms with van der Waals surface area (Å²) >= 11 is 0. The molecule has 2 heterocycles. The number of aromatic nitrogens is 3. The van der Waals surface area contributed by atoms with E-state index in [4.69, 9.17) is 5.73 Å². The number of fused-ring (bicyclic) bond motifs is 1. The van der Waals surface area contributed by atoms with E-state index in [1.54, 1.807) is 24.7 Å². The van der Waals surface area contributed by atoms with Crippen LogP contribution in [0.4, 0.5) is 0 Å². The molecule has 4 N–H and O–H groups in total. The molecule has 1 unspecified atom stereocenters. The van der Waals surface area contributed by atoms with Crippen LogP contribution in [-0.4, -0.2) is 32.8 Å². The maximum atomic E-state index is 13.8. The molecule has 7 heteroatoms. The third kappa shape index (κ3) is 4.82. The molecule has 0 aliphatic carbocycles. The SMILES string of the molecule is Cn1cnc(-c2ccc3c(C(=O)C(NCCc4ccc(C(N)=O)cc4)c4ccccc4)c[nH]c3c2)c1. The minimum Gasteiger partial charge on any atom is -0.366 e. The normalized spacial score (nSPS) is 12.0. The van der Waals surface area contributed by atoms with E-state index in [2.05, 4.69) is 15.3 Å². The molecule has 0 radical (unpaired) electrons. The van der Waals surface area contributed by atoms with Gasteiger partial charge in [0.15, 0.2) is 5.78 Å². The molecule has 0 spiro atoms. The summed E-state index contributed by atoms with van der Waals surface area (Å²) in [6.45, 7) is 0.591. The molecule has 5 rings (SSSR count). The van der Waals surface area contributed by atoms with Crippen LogP contribution in [0.25, 0.3) is 22.2 Å². The highest BCUT2D eigenvalue weighted by Gasteiger charge is 2.24. The summed E-state index contributed by atoms with van der Waals surface area (Å²) < 4.78 is 1.91. The van der Waals surface area contributed by atoms with Gasteiger partial charge in [-0.15, -0.1) is 0 Å². The van der Waals surface area contributed by atoms with Gasteiger partial charge in [-0.3, -0.25) is 9.59 Å². The number of benzene rings is 3. The lowest BCUT2D eigenvalue weighted by Gasteiger charge is -2.18. The molecule has 2 aromatic heterocycles. The average molecular weight is 478 g/mol. The second kappa shape index (κ2) is 10.0. The van der Waals surface area contributed by atoms with E-state index in [1.807, 2.05) is 78.5 Å². The largest absolute Gasteiger partial charge is 0.366 e. The van der Waals surface area contributed by atoms with Crippen LogP contribution in [0.2, 0.25) is 0 Å². The predicted molar refractivity (Wildman–Crippen MR) is 141 cm³/mol. The van der Waals surface area contributed by atoms with Gasteiger partial charge in [0.1, 0.15) is 0 Å². The number of rotatable bonds is 9. The fourth-order valence-corrected chi connectivity index (χ4v) is 4.41. The molecule has 0 aliphatic heterocycles. The highest BCUT2D eigenvalue weighted by molar-refractivity contribution is 6.11. The first-order valence-corrected chi connectivity index (χ1v) is 11.8. The molecule has 0 saturated carbocycles. The Morgan fingerprint density at radius 3 is 2.53 bits per heavy atom. The second-order valence-electron chi connectivity index (χ2n) is 8.86. The van der Waals surface area contributed by atoms with Gasteiger partial charge in [0, 0.05) is 53.6 Å². The minimum atomic E-state index is -0.495. The van der Waals surface area contributed by atoms with Crippen LogP contribution in [0.5, 0.6) is 0 Å². The van der Waals surface area contributed by atoms with Gasteiger partial charge in [-0.2, -0.15) is 0 Å². The monoisotopic (exact) mass is 477 g/mol. The zero-order valence-electron chi connectivity index (χ0n) is 19.9. The topological polar surface area (TPSA) is 106 Å². The molecule has 180 valence electrons. The van der Waals surface area contributed by atoms with E-state index >= 15 is 0 Å². The molecule has 7 nitrogen and oxygen atoms in total. The number of primary amides is 1. The van der Waals surface area contributed by atoms with Crippen molar-refractivity contribution in [1.82, 2.24) is 19.9 Å². The van der Waals surface area contributed by atoms with E-state index in [-0.39, 0.29) is 5.78 Å². The number of H-pyrrole nitrogens is 1. The average Bonchev–Trinajstić information content (AvgIpc) is 3.53. The van der Waals surface area contributed by atoms with Gasteiger partial charge in [0.25, 0.3) is 0 Å². The van der Waals surface area contributed by atoms with Gasteiger partial charge in [-0.25, -0.2) is 4.98 Å². The first-order chi connectivity index (χ1) is 17.5. The minimum absolute atomic E-state index is 0.00196. The summed E-state index contributed by atoms with van der Waals surface area (Å²) in [4.78, 5) is 32.8. The lowest BCUT2D eigenvalue weighted by atomic mass is 9.96. The maximum Gasteiger partial charge on any atom is 0.248 e. The third-order valence-corrected chi connectivity index (χ3v) is 6.34. The fourth-order valence-electron chi connectivity index (χ4n) is 4.41. The van der Waals surface area contributed by atoms with E-state index < -0.39 is 11.9 Å². The Morgan fingerprint density at radius 2 is 1.83 bits per heavy atom. The summed E-state index contributed by atoms with van der Waals surface area (Å²) in [5.41, 5.74) is 11.2. The Bertz CT molecular complexity index is 1520. The van der Waals surface area contributed by atoms with Crippen LogP contribution < -0.4 is 11.1 Å². The van der Waals surface area contributed by atoms with Gasteiger partial charge in [0.05, 0.1) is 18.1 Å². The van der Waals surface area contributed by atoms with Crippen LogP contribution in [0.15, 0.2) is 91.5 Å². The second-order valence-corrected chi connectivity index (χ2v) is 8.86. The first-order valence-electron chi connectivity index (χ1n) is 11.8. The molecule has 0 saturated heterocycles. The van der Waals surface area contributed by atoms with Crippen molar-refractivity contribution >= 4 is 22.6 Å². The number of amides is 1. The Labute approximate surface area is 209 Å². The van der Waals surface area contributed by atoms with Crippen molar-refractivity contribution in [2.24, 2.45) is 12.8 Å². The van der Waals surface area contributed by atoms with Gasteiger partial charge in [-0.1, -0.05) is 54.6 Å². The summed E-state index contributed by atoms with van der Waals surface area (Å²) in [7, 11) is 1.94. The number of aryl methyl sites for hydroxylation is 1. The van der Waals surface area contributed by atoms with E-state index in [0.29, 0.717) is 24.1 Å². The van der Waals surface area contributed by atoms with Crippen LogP contribution in [0, 0.1) is 0 Å². The van der Waals surface area contributed by atoms with E-state index in [1.165, 1.54) is 0 Å². The lowest BCUT2D eigenvalue weighted by Crippen LogP contribution is -2.30. The number of nitrogens with zero attached hydrogens (tertiary/aromatic N) is 2. The lowest BCUT2D eigenvalue weighted by molar-refractivity contribution is 0.0943. The number of hydrogen-bond acceptors (Lipinski definition) is 4. The number of Topliss-reactive ketones (excluding diaryl/α,β-unsaturated/α-hetero) is 1. The first kappa shape index (κ1) is 23.3. The van der Waals surface area contributed by atoms with Crippen molar-refractivity contribution in [1.29, 1.82) is 0 Å². The maximum absolute atomic E-state index is 13.8. The molecule has 0 bridgehead atoms.